The Bertz CT molecular complexity index is 546. The van der Waals surface area contributed by atoms with Crippen molar-refractivity contribution >= 4 is 0 Å². The Kier molecular flexibility index (Phi) is 3.57. The van der Waals surface area contributed by atoms with Gasteiger partial charge in [0, 0.05) is 43.9 Å². The minimum absolute atomic E-state index is 0.222. The molecule has 0 bridgehead atoms. The fourth-order valence-electron chi connectivity index (χ4n) is 2.44. The van der Waals surface area contributed by atoms with E-state index in [1.165, 1.54) is 12.1 Å². The number of benzene rings is 1. The van der Waals surface area contributed by atoms with Gasteiger partial charge in [-0.3, -0.25) is 10.00 Å². The lowest BCUT2D eigenvalue weighted by Crippen LogP contribution is -2.42. The van der Waals surface area contributed by atoms with Gasteiger partial charge in [0.05, 0.1) is 11.9 Å². The number of hydrogen-bond donors (Lipinski definition) is 2. The standard InChI is InChI=1S/C14H17FN4/c15-13-3-1-2-11(8-13)14-12(9-17-18-14)10-19-6-4-16-5-7-19/h1-3,8-9,16H,4-7,10H2,(H,17,18). The lowest BCUT2D eigenvalue weighted by molar-refractivity contribution is 0.233. The first-order valence-electron chi connectivity index (χ1n) is 6.54. The SMILES string of the molecule is Fc1cccc(-c2[nH]ncc2CN2CCNCC2)c1. The van der Waals surface area contributed by atoms with Crippen molar-refractivity contribution in [3.05, 3.63) is 41.8 Å². The Morgan fingerprint density at radius 3 is 2.89 bits per heavy atom. The zero-order valence-electron chi connectivity index (χ0n) is 10.7. The molecule has 1 saturated heterocycles. The molecule has 4 nitrogen and oxygen atoms in total. The predicted octanol–water partition coefficient (Wildman–Crippen LogP) is 1.62. The highest BCUT2D eigenvalue weighted by molar-refractivity contribution is 5.62. The lowest BCUT2D eigenvalue weighted by atomic mass is 10.1. The number of rotatable bonds is 3. The van der Waals surface area contributed by atoms with Crippen LogP contribution in [0.2, 0.25) is 0 Å². The monoisotopic (exact) mass is 260 g/mol. The molecule has 2 heterocycles. The van der Waals surface area contributed by atoms with E-state index in [-0.39, 0.29) is 5.82 Å². The van der Waals surface area contributed by atoms with Crippen molar-refractivity contribution in [1.29, 1.82) is 0 Å². The summed E-state index contributed by atoms with van der Waals surface area (Å²) < 4.78 is 13.3. The van der Waals surface area contributed by atoms with E-state index >= 15 is 0 Å². The number of hydrogen-bond acceptors (Lipinski definition) is 3. The van der Waals surface area contributed by atoms with Gasteiger partial charge in [0.15, 0.2) is 0 Å². The summed E-state index contributed by atoms with van der Waals surface area (Å²) in [6, 6.07) is 6.61. The molecule has 1 fully saturated rings. The summed E-state index contributed by atoms with van der Waals surface area (Å²) in [6.07, 6.45) is 1.84. The van der Waals surface area contributed by atoms with Crippen LogP contribution in [0.1, 0.15) is 5.56 Å². The van der Waals surface area contributed by atoms with E-state index in [1.807, 2.05) is 12.3 Å². The Morgan fingerprint density at radius 1 is 1.26 bits per heavy atom. The van der Waals surface area contributed by atoms with Crippen LogP contribution < -0.4 is 5.32 Å². The molecule has 1 aliphatic rings. The van der Waals surface area contributed by atoms with E-state index < -0.39 is 0 Å². The Hall–Kier alpha value is -1.72. The molecule has 2 N–H and O–H groups in total. The third-order valence-corrected chi connectivity index (χ3v) is 3.43. The Morgan fingerprint density at radius 2 is 2.11 bits per heavy atom. The van der Waals surface area contributed by atoms with Crippen LogP contribution in [0.25, 0.3) is 11.3 Å². The average Bonchev–Trinajstić information content (AvgIpc) is 2.88. The van der Waals surface area contributed by atoms with Gasteiger partial charge >= 0.3 is 0 Å². The van der Waals surface area contributed by atoms with E-state index in [4.69, 9.17) is 0 Å². The molecule has 1 aromatic heterocycles. The van der Waals surface area contributed by atoms with Crippen LogP contribution in [0.3, 0.4) is 0 Å². The van der Waals surface area contributed by atoms with Crippen molar-refractivity contribution < 1.29 is 4.39 Å². The van der Waals surface area contributed by atoms with Crippen LogP contribution in [0.5, 0.6) is 0 Å². The molecule has 3 rings (SSSR count). The number of halogens is 1. The van der Waals surface area contributed by atoms with Gasteiger partial charge in [-0.2, -0.15) is 5.10 Å². The topological polar surface area (TPSA) is 44.0 Å². The third-order valence-electron chi connectivity index (χ3n) is 3.43. The lowest BCUT2D eigenvalue weighted by Gasteiger charge is -2.27. The molecule has 0 spiro atoms. The summed E-state index contributed by atoms with van der Waals surface area (Å²) in [5.41, 5.74) is 2.88. The number of aromatic amines is 1. The largest absolute Gasteiger partial charge is 0.314 e. The second-order valence-corrected chi connectivity index (χ2v) is 4.81. The first-order valence-corrected chi connectivity index (χ1v) is 6.54. The second-order valence-electron chi connectivity index (χ2n) is 4.81. The number of H-pyrrole nitrogens is 1. The summed E-state index contributed by atoms with van der Waals surface area (Å²) in [4.78, 5) is 2.38. The first kappa shape index (κ1) is 12.3. The fraction of sp³-hybridized carbons (Fsp3) is 0.357. The quantitative estimate of drug-likeness (QED) is 0.881. The minimum atomic E-state index is -0.222. The van der Waals surface area contributed by atoms with Crippen molar-refractivity contribution in [2.45, 2.75) is 6.54 Å². The van der Waals surface area contributed by atoms with E-state index in [2.05, 4.69) is 20.4 Å². The molecular formula is C14H17FN4. The van der Waals surface area contributed by atoms with E-state index in [0.29, 0.717) is 0 Å². The summed E-state index contributed by atoms with van der Waals surface area (Å²) in [5, 5.41) is 10.4. The maximum atomic E-state index is 13.3. The zero-order chi connectivity index (χ0) is 13.1. The summed E-state index contributed by atoms with van der Waals surface area (Å²) >= 11 is 0. The molecule has 0 radical (unpaired) electrons. The maximum Gasteiger partial charge on any atom is 0.123 e. The van der Waals surface area contributed by atoms with Gasteiger partial charge in [-0.05, 0) is 12.1 Å². The molecule has 0 unspecified atom stereocenters. The molecule has 0 atom stereocenters. The van der Waals surface area contributed by atoms with Crippen LogP contribution in [0.15, 0.2) is 30.5 Å². The molecule has 100 valence electrons. The van der Waals surface area contributed by atoms with Gasteiger partial charge in [-0.1, -0.05) is 12.1 Å². The number of nitrogens with one attached hydrogen (secondary N) is 2. The van der Waals surface area contributed by atoms with E-state index in [1.54, 1.807) is 6.07 Å². The Labute approximate surface area is 111 Å². The molecule has 0 saturated carbocycles. The second kappa shape index (κ2) is 5.50. The van der Waals surface area contributed by atoms with E-state index in [9.17, 15) is 4.39 Å². The van der Waals surface area contributed by atoms with E-state index in [0.717, 1.165) is 49.5 Å². The highest BCUT2D eigenvalue weighted by atomic mass is 19.1. The number of nitrogens with zero attached hydrogens (tertiary/aromatic N) is 2. The highest BCUT2D eigenvalue weighted by Gasteiger charge is 2.14. The molecule has 5 heteroatoms. The van der Waals surface area contributed by atoms with Gasteiger partial charge in [0.25, 0.3) is 0 Å². The summed E-state index contributed by atoms with van der Waals surface area (Å²) in [6.45, 7) is 4.96. The highest BCUT2D eigenvalue weighted by Crippen LogP contribution is 2.23. The van der Waals surface area contributed by atoms with Gasteiger partial charge in [-0.15, -0.1) is 0 Å². The average molecular weight is 260 g/mol. The van der Waals surface area contributed by atoms with Crippen molar-refractivity contribution in [3.8, 4) is 11.3 Å². The molecule has 0 amide bonds. The smallest absolute Gasteiger partial charge is 0.123 e. The fourth-order valence-corrected chi connectivity index (χ4v) is 2.44. The van der Waals surface area contributed by atoms with Crippen LogP contribution in [0.4, 0.5) is 4.39 Å². The summed E-state index contributed by atoms with van der Waals surface area (Å²) in [7, 11) is 0. The van der Waals surface area contributed by atoms with Crippen LogP contribution in [-0.2, 0) is 6.54 Å². The van der Waals surface area contributed by atoms with Crippen molar-refractivity contribution in [2.24, 2.45) is 0 Å². The van der Waals surface area contributed by atoms with Crippen LogP contribution in [0, 0.1) is 5.82 Å². The van der Waals surface area contributed by atoms with Gasteiger partial charge in [0.2, 0.25) is 0 Å². The van der Waals surface area contributed by atoms with Crippen LogP contribution >= 0.6 is 0 Å². The van der Waals surface area contributed by atoms with Crippen molar-refractivity contribution in [2.75, 3.05) is 26.2 Å². The van der Waals surface area contributed by atoms with Gasteiger partial charge < -0.3 is 5.32 Å². The molecular weight excluding hydrogens is 243 g/mol. The zero-order valence-corrected chi connectivity index (χ0v) is 10.7. The molecule has 1 aromatic carbocycles. The molecule has 2 aromatic rings. The Balaban J connectivity index is 1.81. The van der Waals surface area contributed by atoms with Gasteiger partial charge in [0.1, 0.15) is 5.82 Å². The predicted molar refractivity (Wildman–Crippen MR) is 72.1 cm³/mol. The molecule has 0 aliphatic carbocycles. The van der Waals surface area contributed by atoms with Crippen molar-refractivity contribution in [1.82, 2.24) is 20.4 Å². The normalized spacial score (nSPS) is 16.7. The molecule has 19 heavy (non-hydrogen) atoms. The third kappa shape index (κ3) is 2.83. The van der Waals surface area contributed by atoms with Crippen LogP contribution in [-0.4, -0.2) is 41.3 Å². The number of aromatic nitrogens is 2. The minimum Gasteiger partial charge on any atom is -0.314 e. The maximum absolute atomic E-state index is 13.3. The first-order chi connectivity index (χ1) is 9.33. The van der Waals surface area contributed by atoms with Gasteiger partial charge in [-0.25, -0.2) is 4.39 Å². The number of piperazine rings is 1. The van der Waals surface area contributed by atoms with Crippen molar-refractivity contribution in [3.63, 3.8) is 0 Å². The summed E-state index contributed by atoms with van der Waals surface area (Å²) in [5.74, 6) is -0.222. The molecule has 1 aliphatic heterocycles.